The van der Waals surface area contributed by atoms with Gasteiger partial charge < -0.3 is 9.47 Å². The number of carbonyl (C=O) groups excluding carboxylic acids is 1. The monoisotopic (exact) mass is 125 g/mol. The first-order valence-corrected chi connectivity index (χ1v) is 1.60. The topological polar surface area (TPSA) is 35.5 Å². The van der Waals surface area contributed by atoms with E-state index in [1.54, 1.807) is 0 Å². The van der Waals surface area contributed by atoms with Crippen molar-refractivity contribution in [2.24, 2.45) is 0 Å². The van der Waals surface area contributed by atoms with Crippen molar-refractivity contribution in [3.8, 4) is 0 Å². The summed E-state index contributed by atoms with van der Waals surface area (Å²) in [7, 11) is 0.936. The van der Waals surface area contributed by atoms with E-state index in [9.17, 15) is 13.6 Å². The summed E-state index contributed by atoms with van der Waals surface area (Å²) < 4.78 is 28.6. The highest BCUT2D eigenvalue weighted by molar-refractivity contribution is 5.60. The maximum atomic E-state index is 10.9. The lowest BCUT2D eigenvalue weighted by atomic mass is 11.3. The molecule has 0 aromatic heterocycles. The molecule has 5 heteroatoms. The molecule has 0 atom stereocenters. The van der Waals surface area contributed by atoms with Gasteiger partial charge in [-0.1, -0.05) is 0 Å². The maximum Gasteiger partial charge on any atom is 0.512 e. The molecule has 0 aliphatic rings. The molecule has 0 amide bonds. The fourth-order valence-corrected chi connectivity index (χ4v) is 0.105. The van der Waals surface area contributed by atoms with Gasteiger partial charge >= 0.3 is 12.8 Å². The summed E-state index contributed by atoms with van der Waals surface area (Å²) in [6.07, 6.45) is -1.41. The van der Waals surface area contributed by atoms with Crippen LogP contribution in [0.15, 0.2) is 0 Å². The van der Waals surface area contributed by atoms with Crippen molar-refractivity contribution in [2.45, 2.75) is 0 Å². The summed E-state index contributed by atoms with van der Waals surface area (Å²) in [5.41, 5.74) is 0. The highest BCUT2D eigenvalue weighted by Crippen LogP contribution is 2.04. The zero-order chi connectivity index (χ0) is 6.57. The molecule has 0 N–H and O–H groups in total. The van der Waals surface area contributed by atoms with E-state index in [1.807, 2.05) is 0 Å². The minimum absolute atomic E-state index is 0.936. The summed E-state index contributed by atoms with van der Waals surface area (Å²) in [5.74, 6) is 0. The first-order chi connectivity index (χ1) is 3.66. The van der Waals surface area contributed by atoms with Crippen LogP contribution in [-0.4, -0.2) is 13.3 Å². The van der Waals surface area contributed by atoms with Gasteiger partial charge in [-0.2, -0.15) is 8.78 Å². The number of methoxy groups -OCH3 is 1. The highest BCUT2D eigenvalue weighted by atomic mass is 19.3. The first-order valence-electron chi connectivity index (χ1n) is 1.60. The molecular formula is C3H3F2O3. The van der Waals surface area contributed by atoms with Gasteiger partial charge in [-0.3, -0.25) is 0 Å². The van der Waals surface area contributed by atoms with Crippen LogP contribution in [-0.2, 0) is 9.47 Å². The Kier molecular flexibility index (Phi) is 2.83. The van der Waals surface area contributed by atoms with Crippen molar-refractivity contribution in [1.29, 1.82) is 0 Å². The van der Waals surface area contributed by atoms with Crippen LogP contribution in [0.2, 0.25) is 0 Å². The van der Waals surface area contributed by atoms with Crippen molar-refractivity contribution in [3.05, 3.63) is 6.61 Å². The number of hydrogen-bond donors (Lipinski definition) is 0. The van der Waals surface area contributed by atoms with Crippen LogP contribution in [0.25, 0.3) is 0 Å². The Morgan fingerprint density at radius 2 is 2.00 bits per heavy atom. The summed E-state index contributed by atoms with van der Waals surface area (Å²) >= 11 is 0. The molecule has 0 bridgehead atoms. The molecule has 1 radical (unpaired) electrons. The SMILES string of the molecule is COC(=O)O[C](F)F. The van der Waals surface area contributed by atoms with Crippen LogP contribution in [0.3, 0.4) is 0 Å². The van der Waals surface area contributed by atoms with Crippen LogP contribution in [0.5, 0.6) is 0 Å². The molecule has 0 unspecified atom stereocenters. The van der Waals surface area contributed by atoms with E-state index in [0.29, 0.717) is 0 Å². The molecule has 0 aromatic carbocycles. The molecule has 0 saturated heterocycles. The Morgan fingerprint density at radius 3 is 2.12 bits per heavy atom. The van der Waals surface area contributed by atoms with Crippen molar-refractivity contribution < 1.29 is 23.0 Å². The molecule has 0 heterocycles. The quantitative estimate of drug-likeness (QED) is 0.493. The van der Waals surface area contributed by atoms with Crippen LogP contribution in [0.1, 0.15) is 0 Å². The summed E-state index contributed by atoms with van der Waals surface area (Å²) in [4.78, 5) is 9.68. The molecule has 3 nitrogen and oxygen atoms in total. The number of rotatable bonds is 1. The van der Waals surface area contributed by atoms with E-state index in [-0.39, 0.29) is 0 Å². The average molecular weight is 125 g/mol. The van der Waals surface area contributed by atoms with Gasteiger partial charge in [-0.25, -0.2) is 4.79 Å². The van der Waals surface area contributed by atoms with E-state index in [0.717, 1.165) is 7.11 Å². The summed E-state index contributed by atoms with van der Waals surface area (Å²) in [6.45, 7) is -2.42. The van der Waals surface area contributed by atoms with Gasteiger partial charge in [0.15, 0.2) is 0 Å². The van der Waals surface area contributed by atoms with Crippen LogP contribution >= 0.6 is 0 Å². The van der Waals surface area contributed by atoms with E-state index in [4.69, 9.17) is 0 Å². The van der Waals surface area contributed by atoms with Crippen LogP contribution in [0, 0.1) is 6.61 Å². The van der Waals surface area contributed by atoms with Crippen molar-refractivity contribution in [2.75, 3.05) is 7.11 Å². The molecular weight excluding hydrogens is 122 g/mol. The van der Waals surface area contributed by atoms with Crippen molar-refractivity contribution >= 4 is 6.16 Å². The molecule has 0 spiro atoms. The second-order valence-electron chi connectivity index (χ2n) is 0.782. The highest BCUT2D eigenvalue weighted by Gasteiger charge is 2.12. The number of ether oxygens (including phenoxy) is 2. The van der Waals surface area contributed by atoms with E-state index >= 15 is 0 Å². The lowest BCUT2D eigenvalue weighted by Crippen LogP contribution is -2.03. The Hall–Kier alpha value is -0.870. The van der Waals surface area contributed by atoms with Gasteiger partial charge in [0.1, 0.15) is 0 Å². The molecule has 8 heavy (non-hydrogen) atoms. The second-order valence-corrected chi connectivity index (χ2v) is 0.782. The third-order valence-corrected chi connectivity index (χ3v) is 0.327. The smallest absolute Gasteiger partial charge is 0.437 e. The van der Waals surface area contributed by atoms with Crippen molar-refractivity contribution in [1.82, 2.24) is 0 Å². The van der Waals surface area contributed by atoms with Crippen LogP contribution < -0.4 is 0 Å². The predicted molar refractivity (Wildman–Crippen MR) is 18.9 cm³/mol. The fourth-order valence-electron chi connectivity index (χ4n) is 0.105. The third kappa shape index (κ3) is 3.32. The molecule has 0 aliphatic carbocycles. The number of hydrogen-bond acceptors (Lipinski definition) is 3. The zero-order valence-electron chi connectivity index (χ0n) is 3.98. The van der Waals surface area contributed by atoms with E-state index < -0.39 is 12.8 Å². The standard InChI is InChI=1S/C3H3F2O3/c1-7-3(6)8-2(4)5/h1H3. The maximum absolute atomic E-state index is 10.9. The Bertz CT molecular complexity index is 82.6. The molecule has 0 rings (SSSR count). The van der Waals surface area contributed by atoms with Gasteiger partial charge in [-0.05, 0) is 0 Å². The Labute approximate surface area is 44.2 Å². The van der Waals surface area contributed by atoms with Crippen molar-refractivity contribution in [3.63, 3.8) is 0 Å². The Morgan fingerprint density at radius 1 is 1.50 bits per heavy atom. The zero-order valence-corrected chi connectivity index (χ0v) is 3.98. The molecule has 0 fully saturated rings. The second kappa shape index (κ2) is 3.17. The average Bonchev–Trinajstić information content (AvgIpc) is 1.65. The fraction of sp³-hybridized carbons (Fsp3) is 0.333. The minimum atomic E-state index is -2.42. The van der Waals surface area contributed by atoms with E-state index in [2.05, 4.69) is 9.47 Å². The minimum Gasteiger partial charge on any atom is -0.437 e. The predicted octanol–water partition coefficient (Wildman–Crippen LogP) is 1.16. The molecule has 0 aliphatic heterocycles. The van der Waals surface area contributed by atoms with Gasteiger partial charge in [-0.15, -0.1) is 0 Å². The van der Waals surface area contributed by atoms with Gasteiger partial charge in [0.05, 0.1) is 7.11 Å². The molecule has 47 valence electrons. The summed E-state index contributed by atoms with van der Waals surface area (Å²) in [6, 6.07) is 0. The lowest BCUT2D eigenvalue weighted by molar-refractivity contribution is -0.00937. The van der Waals surface area contributed by atoms with Gasteiger partial charge in [0.25, 0.3) is 0 Å². The number of carbonyl (C=O) groups is 1. The molecule has 0 aromatic rings. The van der Waals surface area contributed by atoms with Crippen LogP contribution in [0.4, 0.5) is 13.6 Å². The molecule has 0 saturated carbocycles. The van der Waals surface area contributed by atoms with E-state index in [1.165, 1.54) is 0 Å². The van der Waals surface area contributed by atoms with Gasteiger partial charge in [0.2, 0.25) is 0 Å². The number of halogens is 2. The largest absolute Gasteiger partial charge is 0.512 e. The Balaban J connectivity index is 3.25. The normalized spacial score (nSPS) is 9.00. The summed E-state index contributed by atoms with van der Waals surface area (Å²) in [5, 5.41) is 0. The van der Waals surface area contributed by atoms with Gasteiger partial charge in [0, 0.05) is 0 Å². The first kappa shape index (κ1) is 7.13. The third-order valence-electron chi connectivity index (χ3n) is 0.327. The lowest BCUT2D eigenvalue weighted by Gasteiger charge is -1.95.